The van der Waals surface area contributed by atoms with Crippen LogP contribution in [0.1, 0.15) is 163 Å². The fourth-order valence-electron chi connectivity index (χ4n) is 11.4. The number of hydrogen-bond donors (Lipinski definition) is 3. The van der Waals surface area contributed by atoms with Crippen LogP contribution < -0.4 is 17.2 Å². The SMILES string of the molecule is CC(C)CCC[C@@H](C)C1CC[C@H]2[C@@H]3CC=C4C[C@@H](OC(=O)CN(CCCCCCCCN)C(=O)[C@@H](N)CCCCN)CC[C@]4(C)C3CC[C@]12C. The Morgan fingerprint density at radius 1 is 0.840 bits per heavy atom. The molecule has 3 fully saturated rings. The number of hydrogen-bond acceptors (Lipinski definition) is 6. The summed E-state index contributed by atoms with van der Waals surface area (Å²) >= 11 is 0. The maximum atomic E-state index is 13.4. The summed E-state index contributed by atoms with van der Waals surface area (Å²) in [4.78, 5) is 28.5. The second kappa shape index (κ2) is 19.6. The molecule has 0 radical (unpaired) electrons. The van der Waals surface area contributed by atoms with Crippen molar-refractivity contribution in [1.29, 1.82) is 0 Å². The van der Waals surface area contributed by atoms with Crippen molar-refractivity contribution >= 4 is 11.9 Å². The molecule has 3 saturated carbocycles. The summed E-state index contributed by atoms with van der Waals surface area (Å²) in [6.45, 7) is 14.4. The molecule has 0 aromatic carbocycles. The summed E-state index contributed by atoms with van der Waals surface area (Å²) < 4.78 is 6.18. The highest BCUT2D eigenvalue weighted by Crippen LogP contribution is 2.67. The van der Waals surface area contributed by atoms with Crippen LogP contribution in [0.4, 0.5) is 0 Å². The molecule has 1 amide bonds. The fraction of sp³-hybridized carbons (Fsp3) is 0.907. The van der Waals surface area contributed by atoms with Crippen LogP contribution >= 0.6 is 0 Å². The maximum absolute atomic E-state index is 13.4. The summed E-state index contributed by atoms with van der Waals surface area (Å²) in [5.41, 5.74) is 19.9. The molecule has 288 valence electrons. The highest BCUT2D eigenvalue weighted by molar-refractivity contribution is 5.85. The quantitative estimate of drug-likeness (QED) is 0.0627. The number of carbonyl (C=O) groups is 2. The summed E-state index contributed by atoms with van der Waals surface area (Å²) in [5.74, 6) is 4.49. The van der Waals surface area contributed by atoms with Crippen molar-refractivity contribution in [3.63, 3.8) is 0 Å². The van der Waals surface area contributed by atoms with Gasteiger partial charge in [0, 0.05) is 13.0 Å². The summed E-state index contributed by atoms with van der Waals surface area (Å²) in [6, 6.07) is -0.602. The number of amides is 1. The highest BCUT2D eigenvalue weighted by atomic mass is 16.5. The lowest BCUT2D eigenvalue weighted by atomic mass is 9.47. The van der Waals surface area contributed by atoms with Gasteiger partial charge in [0.15, 0.2) is 0 Å². The molecule has 4 aliphatic rings. The molecule has 7 heteroatoms. The summed E-state index contributed by atoms with van der Waals surface area (Å²) in [5, 5.41) is 0. The van der Waals surface area contributed by atoms with Crippen LogP contribution in [0.5, 0.6) is 0 Å². The van der Waals surface area contributed by atoms with Gasteiger partial charge in [0.1, 0.15) is 12.6 Å². The third-order valence-corrected chi connectivity index (χ3v) is 14.4. The zero-order chi connectivity index (χ0) is 36.3. The van der Waals surface area contributed by atoms with Gasteiger partial charge in [0.25, 0.3) is 0 Å². The van der Waals surface area contributed by atoms with Gasteiger partial charge >= 0.3 is 5.97 Å². The zero-order valence-electron chi connectivity index (χ0n) is 33.1. The minimum Gasteiger partial charge on any atom is -0.461 e. The predicted molar refractivity (Wildman–Crippen MR) is 207 cm³/mol. The van der Waals surface area contributed by atoms with E-state index in [2.05, 4.69) is 40.7 Å². The van der Waals surface area contributed by atoms with E-state index in [0.29, 0.717) is 24.9 Å². The Morgan fingerprint density at radius 3 is 2.26 bits per heavy atom. The molecule has 6 N–H and O–H groups in total. The third-order valence-electron chi connectivity index (χ3n) is 14.4. The van der Waals surface area contributed by atoms with Gasteiger partial charge in [-0.1, -0.05) is 97.6 Å². The number of ether oxygens (including phenoxy) is 1. The van der Waals surface area contributed by atoms with Crippen LogP contribution in [0.3, 0.4) is 0 Å². The second-order valence-corrected chi connectivity index (χ2v) is 18.2. The summed E-state index contributed by atoms with van der Waals surface area (Å²) in [7, 11) is 0. The van der Waals surface area contributed by atoms with Crippen LogP contribution in [-0.2, 0) is 14.3 Å². The minimum atomic E-state index is -0.602. The van der Waals surface area contributed by atoms with Crippen LogP contribution in [0.2, 0.25) is 0 Å². The smallest absolute Gasteiger partial charge is 0.325 e. The molecule has 7 nitrogen and oxygen atoms in total. The Kier molecular flexibility index (Phi) is 16.2. The van der Waals surface area contributed by atoms with Gasteiger partial charge in [-0.25, -0.2) is 0 Å². The van der Waals surface area contributed by atoms with E-state index >= 15 is 0 Å². The highest BCUT2D eigenvalue weighted by Gasteiger charge is 2.59. The van der Waals surface area contributed by atoms with Crippen molar-refractivity contribution in [2.75, 3.05) is 26.2 Å². The molecule has 0 aromatic rings. The fourth-order valence-corrected chi connectivity index (χ4v) is 11.4. The Hall–Kier alpha value is -1.44. The molecule has 0 aliphatic heterocycles. The van der Waals surface area contributed by atoms with Crippen LogP contribution in [0, 0.1) is 46.3 Å². The van der Waals surface area contributed by atoms with Crippen LogP contribution in [0.25, 0.3) is 0 Å². The Balaban J connectivity index is 1.33. The lowest BCUT2D eigenvalue weighted by Crippen LogP contribution is -2.51. The van der Waals surface area contributed by atoms with Crippen LogP contribution in [0.15, 0.2) is 11.6 Å². The maximum Gasteiger partial charge on any atom is 0.325 e. The minimum absolute atomic E-state index is 0.00850. The number of allylic oxidation sites excluding steroid dienone is 1. The average Bonchev–Trinajstić information content (AvgIpc) is 3.44. The number of esters is 1. The van der Waals surface area contributed by atoms with E-state index in [1.165, 1.54) is 56.9 Å². The van der Waals surface area contributed by atoms with E-state index in [9.17, 15) is 9.59 Å². The molecular formula is C43H78N4O3. The molecule has 0 saturated heterocycles. The van der Waals surface area contributed by atoms with Gasteiger partial charge in [0.05, 0.1) is 6.04 Å². The van der Waals surface area contributed by atoms with Crippen molar-refractivity contribution in [2.24, 2.45) is 63.5 Å². The molecule has 0 bridgehead atoms. The van der Waals surface area contributed by atoms with Gasteiger partial charge < -0.3 is 26.8 Å². The first-order chi connectivity index (χ1) is 23.9. The summed E-state index contributed by atoms with van der Waals surface area (Å²) in [6.07, 6.45) is 24.9. The first kappa shape index (κ1) is 41.3. The van der Waals surface area contributed by atoms with E-state index in [0.717, 1.165) is 113 Å². The van der Waals surface area contributed by atoms with Crippen molar-refractivity contribution in [2.45, 2.75) is 175 Å². The van der Waals surface area contributed by atoms with Gasteiger partial charge in [-0.2, -0.15) is 0 Å². The number of unbranched alkanes of at least 4 members (excludes halogenated alkanes) is 6. The molecule has 0 heterocycles. The van der Waals surface area contributed by atoms with Crippen molar-refractivity contribution in [3.05, 3.63) is 11.6 Å². The number of nitrogens with two attached hydrogens (primary N) is 3. The molecule has 9 atom stereocenters. The molecule has 0 spiro atoms. The van der Waals surface area contributed by atoms with Gasteiger partial charge in [0.2, 0.25) is 5.91 Å². The first-order valence-electron chi connectivity index (χ1n) is 21.3. The van der Waals surface area contributed by atoms with E-state index in [1.54, 1.807) is 4.90 Å². The molecule has 4 rings (SSSR count). The second-order valence-electron chi connectivity index (χ2n) is 18.2. The van der Waals surface area contributed by atoms with E-state index in [-0.39, 0.29) is 29.9 Å². The monoisotopic (exact) mass is 699 g/mol. The number of rotatable bonds is 21. The molecular weight excluding hydrogens is 620 g/mol. The molecule has 4 aliphatic carbocycles. The largest absolute Gasteiger partial charge is 0.461 e. The lowest BCUT2D eigenvalue weighted by Gasteiger charge is -2.58. The predicted octanol–water partition coefficient (Wildman–Crippen LogP) is 8.52. The topological polar surface area (TPSA) is 125 Å². The Labute approximate surface area is 307 Å². The molecule has 2 unspecified atom stereocenters. The van der Waals surface area contributed by atoms with Crippen molar-refractivity contribution in [3.8, 4) is 0 Å². The Morgan fingerprint density at radius 2 is 1.54 bits per heavy atom. The average molecular weight is 699 g/mol. The molecule has 0 aromatic heterocycles. The van der Waals surface area contributed by atoms with Crippen molar-refractivity contribution < 1.29 is 14.3 Å². The van der Waals surface area contributed by atoms with Gasteiger partial charge in [-0.05, 0) is 130 Å². The lowest BCUT2D eigenvalue weighted by molar-refractivity contribution is -0.156. The number of carbonyl (C=O) groups excluding carboxylic acids is 2. The molecule has 50 heavy (non-hydrogen) atoms. The Bertz CT molecular complexity index is 1090. The number of fused-ring (bicyclic) bond motifs is 5. The van der Waals surface area contributed by atoms with Crippen molar-refractivity contribution in [1.82, 2.24) is 4.90 Å². The van der Waals surface area contributed by atoms with Gasteiger partial charge in [-0.3, -0.25) is 9.59 Å². The normalized spacial score (nSPS) is 31.7. The first-order valence-corrected chi connectivity index (χ1v) is 21.3. The zero-order valence-corrected chi connectivity index (χ0v) is 33.1. The third kappa shape index (κ3) is 10.4. The standard InChI is InChI=1S/C43H78N4O3/c1-31(2)15-14-16-32(3)36-20-21-37-35-19-18-33-29-34(22-24-42(33,4)38(35)23-25-43(36,37)5)50-40(48)30-47(28-13-9-7-6-8-11-26-44)41(49)39(46)17-10-12-27-45/h18,31-32,34-39H,6-17,19-30,44-46H2,1-5H3/t32-,34+,35+,36?,37+,38?,39+,42+,43-/m1/s1. The van der Waals surface area contributed by atoms with Gasteiger partial charge in [-0.15, -0.1) is 0 Å². The van der Waals surface area contributed by atoms with E-state index in [1.807, 2.05) is 0 Å². The van der Waals surface area contributed by atoms with Crippen LogP contribution in [-0.4, -0.2) is 55.1 Å². The number of nitrogens with zero attached hydrogens (tertiary/aromatic N) is 1. The van der Waals surface area contributed by atoms with E-state index in [4.69, 9.17) is 21.9 Å². The van der Waals surface area contributed by atoms with E-state index < -0.39 is 6.04 Å².